The van der Waals surface area contributed by atoms with E-state index in [0.717, 1.165) is 5.69 Å². The number of hydrogen-bond acceptors (Lipinski definition) is 4. The molecule has 0 spiro atoms. The molecule has 1 amide bonds. The zero-order chi connectivity index (χ0) is 12.4. The van der Waals surface area contributed by atoms with E-state index in [1.807, 2.05) is 0 Å². The van der Waals surface area contributed by atoms with Crippen LogP contribution >= 0.6 is 0 Å². The zero-order valence-electron chi connectivity index (χ0n) is 9.46. The van der Waals surface area contributed by atoms with Crippen molar-refractivity contribution in [3.63, 3.8) is 0 Å². The van der Waals surface area contributed by atoms with E-state index in [9.17, 15) is 9.59 Å². The van der Waals surface area contributed by atoms with Gasteiger partial charge < -0.3 is 10.0 Å². The molecule has 1 aromatic heterocycles. The first kappa shape index (κ1) is 11.5. The fourth-order valence-electron chi connectivity index (χ4n) is 1.93. The van der Waals surface area contributed by atoms with Crippen LogP contribution in [0.5, 0.6) is 0 Å². The van der Waals surface area contributed by atoms with Gasteiger partial charge in [-0.3, -0.25) is 4.79 Å². The second kappa shape index (κ2) is 4.48. The summed E-state index contributed by atoms with van der Waals surface area (Å²) >= 11 is 0. The molecule has 1 fully saturated rings. The minimum absolute atomic E-state index is 0.198. The second-order valence-corrected chi connectivity index (χ2v) is 4.05. The van der Waals surface area contributed by atoms with Gasteiger partial charge in [-0.1, -0.05) is 0 Å². The van der Waals surface area contributed by atoms with Crippen molar-refractivity contribution < 1.29 is 14.7 Å². The Kier molecular flexibility index (Phi) is 3.03. The monoisotopic (exact) mass is 235 g/mol. The van der Waals surface area contributed by atoms with E-state index >= 15 is 0 Å². The number of carboxylic acids is 1. The Morgan fingerprint density at radius 2 is 2.18 bits per heavy atom. The van der Waals surface area contributed by atoms with Crippen molar-refractivity contribution in [3.05, 3.63) is 23.5 Å². The number of likely N-dealkylation sites (tertiary alicyclic amines) is 1. The summed E-state index contributed by atoms with van der Waals surface area (Å²) < 4.78 is 0. The lowest BCUT2D eigenvalue weighted by Gasteiger charge is -2.20. The molecule has 6 heteroatoms. The van der Waals surface area contributed by atoms with Gasteiger partial charge in [-0.05, 0) is 31.9 Å². The largest absolute Gasteiger partial charge is 0.480 e. The third kappa shape index (κ3) is 2.25. The van der Waals surface area contributed by atoms with Gasteiger partial charge in [0, 0.05) is 6.54 Å². The molecule has 1 atom stereocenters. The number of aryl methyl sites for hydroxylation is 1. The van der Waals surface area contributed by atoms with Gasteiger partial charge in [0.15, 0.2) is 5.69 Å². The van der Waals surface area contributed by atoms with Crippen LogP contribution in [0, 0.1) is 6.92 Å². The number of aliphatic carboxylic acids is 1. The molecule has 0 saturated carbocycles. The first-order valence-corrected chi connectivity index (χ1v) is 5.43. The Balaban J connectivity index is 2.19. The SMILES string of the molecule is Cc1ccc(C(=O)N2CCC[C@H]2C(=O)O)nn1. The maximum Gasteiger partial charge on any atom is 0.326 e. The number of carbonyl (C=O) groups excluding carboxylic acids is 1. The summed E-state index contributed by atoms with van der Waals surface area (Å²) in [5, 5.41) is 16.6. The summed E-state index contributed by atoms with van der Waals surface area (Å²) in [6.07, 6.45) is 1.21. The minimum Gasteiger partial charge on any atom is -0.480 e. The van der Waals surface area contributed by atoms with Crippen LogP contribution < -0.4 is 0 Å². The predicted octanol–water partition coefficient (Wildman–Crippen LogP) is 0.474. The number of carbonyl (C=O) groups is 2. The summed E-state index contributed by atoms with van der Waals surface area (Å²) in [6.45, 7) is 2.24. The first-order chi connectivity index (χ1) is 8.09. The van der Waals surface area contributed by atoms with Crippen molar-refractivity contribution in [3.8, 4) is 0 Å². The van der Waals surface area contributed by atoms with Crippen LogP contribution in [0.4, 0.5) is 0 Å². The number of carboxylic acid groups (broad SMARTS) is 1. The molecule has 1 aliphatic heterocycles. The highest BCUT2D eigenvalue weighted by Gasteiger charge is 2.34. The van der Waals surface area contributed by atoms with Gasteiger partial charge in [-0.2, -0.15) is 5.10 Å². The van der Waals surface area contributed by atoms with E-state index in [1.54, 1.807) is 19.1 Å². The quantitative estimate of drug-likeness (QED) is 0.805. The molecule has 1 saturated heterocycles. The van der Waals surface area contributed by atoms with E-state index in [2.05, 4.69) is 10.2 Å². The van der Waals surface area contributed by atoms with Gasteiger partial charge in [0.05, 0.1) is 5.69 Å². The lowest BCUT2D eigenvalue weighted by atomic mass is 10.2. The van der Waals surface area contributed by atoms with Gasteiger partial charge in [-0.25, -0.2) is 4.79 Å². The maximum absolute atomic E-state index is 12.0. The number of amides is 1. The summed E-state index contributed by atoms with van der Waals surface area (Å²) in [5.74, 6) is -1.32. The fraction of sp³-hybridized carbons (Fsp3) is 0.455. The highest BCUT2D eigenvalue weighted by molar-refractivity contribution is 5.95. The van der Waals surface area contributed by atoms with Crippen molar-refractivity contribution in [2.75, 3.05) is 6.54 Å². The van der Waals surface area contributed by atoms with Gasteiger partial charge in [0.1, 0.15) is 6.04 Å². The highest BCUT2D eigenvalue weighted by atomic mass is 16.4. The topological polar surface area (TPSA) is 83.4 Å². The molecular formula is C11H13N3O3. The van der Waals surface area contributed by atoms with Gasteiger partial charge in [0.25, 0.3) is 5.91 Å². The van der Waals surface area contributed by atoms with E-state index in [1.165, 1.54) is 4.90 Å². The van der Waals surface area contributed by atoms with Crippen LogP contribution in [0.25, 0.3) is 0 Å². The third-order valence-corrected chi connectivity index (χ3v) is 2.82. The summed E-state index contributed by atoms with van der Waals surface area (Å²) in [4.78, 5) is 24.4. The Morgan fingerprint density at radius 1 is 1.41 bits per heavy atom. The average molecular weight is 235 g/mol. The Hall–Kier alpha value is -1.98. The fourth-order valence-corrected chi connectivity index (χ4v) is 1.93. The van der Waals surface area contributed by atoms with Crippen LogP contribution in [0.15, 0.2) is 12.1 Å². The molecule has 1 aromatic rings. The molecule has 0 bridgehead atoms. The number of rotatable bonds is 2. The molecular weight excluding hydrogens is 222 g/mol. The minimum atomic E-state index is -0.962. The highest BCUT2D eigenvalue weighted by Crippen LogP contribution is 2.19. The summed E-state index contributed by atoms with van der Waals surface area (Å²) in [5.41, 5.74) is 0.918. The standard InChI is InChI=1S/C11H13N3O3/c1-7-4-5-8(13-12-7)10(15)14-6-2-3-9(14)11(16)17/h4-5,9H,2-3,6H2,1H3,(H,16,17)/t9-/m0/s1. The third-order valence-electron chi connectivity index (χ3n) is 2.82. The molecule has 0 radical (unpaired) electrons. The lowest BCUT2D eigenvalue weighted by molar-refractivity contribution is -0.141. The van der Waals surface area contributed by atoms with Crippen molar-refractivity contribution in [1.29, 1.82) is 0 Å². The molecule has 90 valence electrons. The summed E-state index contributed by atoms with van der Waals surface area (Å²) in [7, 11) is 0. The van der Waals surface area contributed by atoms with Gasteiger partial charge in [-0.15, -0.1) is 5.10 Å². The zero-order valence-corrected chi connectivity index (χ0v) is 9.46. The summed E-state index contributed by atoms with van der Waals surface area (Å²) in [6, 6.07) is 2.53. The number of hydrogen-bond donors (Lipinski definition) is 1. The molecule has 0 aliphatic carbocycles. The van der Waals surface area contributed by atoms with Gasteiger partial charge in [0.2, 0.25) is 0 Å². The molecule has 0 aromatic carbocycles. The Morgan fingerprint density at radius 3 is 2.76 bits per heavy atom. The van der Waals surface area contributed by atoms with Crippen LogP contribution in [-0.4, -0.2) is 44.7 Å². The smallest absolute Gasteiger partial charge is 0.326 e. The van der Waals surface area contributed by atoms with E-state index in [4.69, 9.17) is 5.11 Å². The molecule has 2 rings (SSSR count). The Bertz CT molecular complexity index is 444. The normalized spacial score (nSPS) is 19.4. The first-order valence-electron chi connectivity index (χ1n) is 5.43. The lowest BCUT2D eigenvalue weighted by Crippen LogP contribution is -2.40. The Labute approximate surface area is 98.3 Å². The van der Waals surface area contributed by atoms with Crippen LogP contribution in [0.3, 0.4) is 0 Å². The molecule has 0 unspecified atom stereocenters. The predicted molar refractivity (Wildman–Crippen MR) is 58.5 cm³/mol. The van der Waals surface area contributed by atoms with E-state index in [-0.39, 0.29) is 11.6 Å². The molecule has 1 aliphatic rings. The number of nitrogens with zero attached hydrogens (tertiary/aromatic N) is 3. The second-order valence-electron chi connectivity index (χ2n) is 4.05. The van der Waals surface area contributed by atoms with Crippen molar-refractivity contribution in [2.45, 2.75) is 25.8 Å². The van der Waals surface area contributed by atoms with Crippen LogP contribution in [0.2, 0.25) is 0 Å². The molecule has 6 nitrogen and oxygen atoms in total. The molecule has 2 heterocycles. The van der Waals surface area contributed by atoms with Crippen LogP contribution in [0.1, 0.15) is 29.0 Å². The molecule has 1 N–H and O–H groups in total. The van der Waals surface area contributed by atoms with Crippen molar-refractivity contribution >= 4 is 11.9 Å². The van der Waals surface area contributed by atoms with Crippen LogP contribution in [-0.2, 0) is 4.79 Å². The molecule has 17 heavy (non-hydrogen) atoms. The van der Waals surface area contributed by atoms with Crippen molar-refractivity contribution in [2.24, 2.45) is 0 Å². The average Bonchev–Trinajstić information content (AvgIpc) is 2.78. The van der Waals surface area contributed by atoms with Crippen molar-refractivity contribution in [1.82, 2.24) is 15.1 Å². The maximum atomic E-state index is 12.0. The van der Waals surface area contributed by atoms with Gasteiger partial charge >= 0.3 is 5.97 Å². The van der Waals surface area contributed by atoms with E-state index < -0.39 is 12.0 Å². The number of aromatic nitrogens is 2. The van der Waals surface area contributed by atoms with E-state index in [0.29, 0.717) is 19.4 Å².